The van der Waals surface area contributed by atoms with Crippen molar-refractivity contribution in [2.75, 3.05) is 18.0 Å². The molecule has 1 fully saturated rings. The lowest BCUT2D eigenvalue weighted by molar-refractivity contribution is 0.494. The molecule has 3 rings (SSSR count). The minimum Gasteiger partial charge on any atom is -0.356 e. The van der Waals surface area contributed by atoms with Gasteiger partial charge in [0.05, 0.1) is 6.54 Å². The highest BCUT2D eigenvalue weighted by atomic mass is 79.9. The first-order chi connectivity index (χ1) is 11.4. The number of nitrogens with one attached hydrogen (secondary N) is 1. The molecule has 3 N–H and O–H groups in total. The highest BCUT2D eigenvalue weighted by molar-refractivity contribution is 9.10. The van der Waals surface area contributed by atoms with Crippen molar-refractivity contribution in [2.45, 2.75) is 25.4 Å². The zero-order valence-corrected chi connectivity index (χ0v) is 14.6. The molecule has 0 saturated carbocycles. The number of H-pyrrole nitrogens is 1. The maximum absolute atomic E-state index is 13.5. The molecule has 0 spiro atoms. The molecule has 1 unspecified atom stereocenters. The lowest BCUT2D eigenvalue weighted by Gasteiger charge is -2.33. The van der Waals surface area contributed by atoms with Crippen LogP contribution in [-0.4, -0.2) is 28.7 Å². The molecule has 0 bridgehead atoms. The quantitative estimate of drug-likeness (QED) is 0.821. The first kappa shape index (κ1) is 16.9. The fourth-order valence-electron chi connectivity index (χ4n) is 2.98. The number of halogens is 2. The van der Waals surface area contributed by atoms with Crippen molar-refractivity contribution in [2.24, 2.45) is 5.73 Å². The normalized spacial score (nSPS) is 18.0. The Morgan fingerprint density at radius 1 is 1.33 bits per heavy atom. The van der Waals surface area contributed by atoms with Gasteiger partial charge in [0.1, 0.15) is 11.6 Å². The van der Waals surface area contributed by atoms with E-state index in [1.165, 1.54) is 22.8 Å². The van der Waals surface area contributed by atoms with Crippen molar-refractivity contribution in [1.82, 2.24) is 9.55 Å². The molecule has 1 atom stereocenters. The summed E-state index contributed by atoms with van der Waals surface area (Å²) in [7, 11) is 0. The molecule has 1 saturated heterocycles. The number of benzene rings is 1. The molecule has 24 heavy (non-hydrogen) atoms. The maximum atomic E-state index is 13.5. The highest BCUT2D eigenvalue weighted by Crippen LogP contribution is 2.22. The van der Waals surface area contributed by atoms with Gasteiger partial charge >= 0.3 is 5.69 Å². The first-order valence-corrected chi connectivity index (χ1v) is 8.52. The van der Waals surface area contributed by atoms with Crippen LogP contribution >= 0.6 is 15.9 Å². The zero-order chi connectivity index (χ0) is 17.3. The third-order valence-corrected chi connectivity index (χ3v) is 4.90. The second-order valence-electron chi connectivity index (χ2n) is 5.97. The van der Waals surface area contributed by atoms with E-state index in [2.05, 4.69) is 20.9 Å². The second-order valence-corrected chi connectivity index (χ2v) is 6.82. The number of aromatic amines is 1. The van der Waals surface area contributed by atoms with Crippen molar-refractivity contribution in [1.29, 1.82) is 0 Å². The smallest absolute Gasteiger partial charge is 0.330 e. The van der Waals surface area contributed by atoms with E-state index in [-0.39, 0.29) is 18.4 Å². The van der Waals surface area contributed by atoms with Crippen LogP contribution in [0.4, 0.5) is 10.2 Å². The Morgan fingerprint density at radius 2 is 2.12 bits per heavy atom. The van der Waals surface area contributed by atoms with Gasteiger partial charge in [-0.2, -0.15) is 0 Å². The molecular weight excluding hydrogens is 379 g/mol. The van der Waals surface area contributed by atoms with Gasteiger partial charge in [0, 0.05) is 29.7 Å². The van der Waals surface area contributed by atoms with Crippen molar-refractivity contribution >= 4 is 21.7 Å². The van der Waals surface area contributed by atoms with E-state index in [0.29, 0.717) is 22.4 Å². The van der Waals surface area contributed by atoms with E-state index < -0.39 is 11.2 Å². The number of hydrogen-bond donors (Lipinski definition) is 2. The molecule has 1 aliphatic heterocycles. The highest BCUT2D eigenvalue weighted by Gasteiger charge is 2.21. The van der Waals surface area contributed by atoms with Gasteiger partial charge in [0.15, 0.2) is 0 Å². The predicted molar refractivity (Wildman–Crippen MR) is 93.9 cm³/mol. The fraction of sp³-hybridized carbons (Fsp3) is 0.375. The third kappa shape index (κ3) is 3.59. The summed E-state index contributed by atoms with van der Waals surface area (Å²) in [6.45, 7) is 1.45. The Labute approximate surface area is 146 Å². The van der Waals surface area contributed by atoms with E-state index in [9.17, 15) is 14.0 Å². The van der Waals surface area contributed by atoms with Crippen molar-refractivity contribution in [3.8, 4) is 0 Å². The van der Waals surface area contributed by atoms with Gasteiger partial charge in [-0.05, 0) is 36.6 Å². The van der Waals surface area contributed by atoms with E-state index in [1.807, 2.05) is 4.90 Å². The average Bonchev–Trinajstić information content (AvgIpc) is 2.53. The van der Waals surface area contributed by atoms with Gasteiger partial charge in [-0.15, -0.1) is 0 Å². The number of nitrogens with two attached hydrogens (primary N) is 1. The Morgan fingerprint density at radius 3 is 2.88 bits per heavy atom. The minimum atomic E-state index is -0.521. The predicted octanol–water partition coefficient (Wildman–Crippen LogP) is 1.41. The Hall–Kier alpha value is -1.93. The fourth-order valence-corrected chi connectivity index (χ4v) is 3.35. The minimum absolute atomic E-state index is 0.00231. The summed E-state index contributed by atoms with van der Waals surface area (Å²) in [5.41, 5.74) is 5.65. The van der Waals surface area contributed by atoms with Gasteiger partial charge in [-0.3, -0.25) is 14.3 Å². The van der Waals surface area contributed by atoms with E-state index in [4.69, 9.17) is 5.73 Å². The SMILES string of the molecule is NC1CCCN(c2cc(=O)[nH]c(=O)n2Cc2cc(F)ccc2Br)C1. The van der Waals surface area contributed by atoms with E-state index in [0.717, 1.165) is 19.4 Å². The molecule has 0 radical (unpaired) electrons. The Bertz CT molecular complexity index is 864. The van der Waals surface area contributed by atoms with Crippen LogP contribution in [-0.2, 0) is 6.54 Å². The zero-order valence-electron chi connectivity index (χ0n) is 13.0. The van der Waals surface area contributed by atoms with Crippen molar-refractivity contribution in [3.05, 3.63) is 61.0 Å². The molecule has 0 aliphatic carbocycles. The molecule has 8 heteroatoms. The number of hydrogen-bond acceptors (Lipinski definition) is 4. The molecule has 1 aliphatic rings. The molecular formula is C16H18BrFN4O2. The lowest BCUT2D eigenvalue weighted by Crippen LogP contribution is -2.46. The summed E-state index contributed by atoms with van der Waals surface area (Å²) in [6, 6.07) is 5.70. The molecule has 2 heterocycles. The molecule has 128 valence electrons. The number of anilines is 1. The van der Waals surface area contributed by atoms with Crippen LogP contribution in [0.25, 0.3) is 0 Å². The van der Waals surface area contributed by atoms with Gasteiger partial charge < -0.3 is 10.6 Å². The van der Waals surface area contributed by atoms with Gasteiger partial charge in [-0.25, -0.2) is 9.18 Å². The number of aromatic nitrogens is 2. The van der Waals surface area contributed by atoms with Crippen molar-refractivity contribution in [3.63, 3.8) is 0 Å². The largest absolute Gasteiger partial charge is 0.356 e. The van der Waals surface area contributed by atoms with Crippen LogP contribution in [0.15, 0.2) is 38.3 Å². The summed E-state index contributed by atoms with van der Waals surface area (Å²) in [5, 5.41) is 0. The van der Waals surface area contributed by atoms with Crippen LogP contribution in [0.5, 0.6) is 0 Å². The lowest BCUT2D eigenvalue weighted by atomic mass is 10.1. The van der Waals surface area contributed by atoms with Gasteiger partial charge in [0.2, 0.25) is 0 Å². The molecule has 1 aromatic carbocycles. The van der Waals surface area contributed by atoms with Gasteiger partial charge in [0.25, 0.3) is 5.56 Å². The van der Waals surface area contributed by atoms with Crippen LogP contribution in [0.2, 0.25) is 0 Å². The second kappa shape index (κ2) is 6.90. The topological polar surface area (TPSA) is 84.1 Å². The first-order valence-electron chi connectivity index (χ1n) is 7.72. The summed E-state index contributed by atoms with van der Waals surface area (Å²) >= 11 is 3.37. The van der Waals surface area contributed by atoms with Crippen LogP contribution in [0.3, 0.4) is 0 Å². The summed E-state index contributed by atoms with van der Waals surface area (Å²) in [5.74, 6) is 0.127. The summed E-state index contributed by atoms with van der Waals surface area (Å²) < 4.78 is 15.7. The molecule has 6 nitrogen and oxygen atoms in total. The Balaban J connectivity index is 2.05. The standard InChI is InChI=1S/C16H18BrFN4O2/c17-13-4-3-11(18)6-10(13)8-22-15(7-14(23)20-16(22)24)21-5-1-2-12(19)9-21/h3-4,6-7,12H,1-2,5,8-9,19H2,(H,20,23,24). The number of piperidine rings is 1. The average molecular weight is 397 g/mol. The van der Waals surface area contributed by atoms with Gasteiger partial charge in [-0.1, -0.05) is 15.9 Å². The molecule has 0 amide bonds. The van der Waals surface area contributed by atoms with Crippen LogP contribution in [0.1, 0.15) is 18.4 Å². The van der Waals surface area contributed by atoms with Crippen LogP contribution in [0, 0.1) is 5.82 Å². The summed E-state index contributed by atoms with van der Waals surface area (Å²) in [6.07, 6.45) is 1.81. The number of rotatable bonds is 3. The summed E-state index contributed by atoms with van der Waals surface area (Å²) in [4.78, 5) is 28.3. The maximum Gasteiger partial charge on any atom is 0.330 e. The monoisotopic (exact) mass is 396 g/mol. The Kier molecular flexibility index (Phi) is 4.86. The molecule has 2 aromatic rings. The van der Waals surface area contributed by atoms with Crippen molar-refractivity contribution < 1.29 is 4.39 Å². The van der Waals surface area contributed by atoms with E-state index >= 15 is 0 Å². The van der Waals surface area contributed by atoms with Crippen LogP contribution < -0.4 is 21.9 Å². The number of nitrogens with zero attached hydrogens (tertiary/aromatic N) is 2. The third-order valence-electron chi connectivity index (χ3n) is 4.13. The van der Waals surface area contributed by atoms with E-state index in [1.54, 1.807) is 6.07 Å². The molecule has 1 aromatic heterocycles.